The number of hydrogen-bond donors (Lipinski definition) is 0. The molecule has 6 aliphatic rings. The van der Waals surface area contributed by atoms with Crippen LogP contribution in [0.1, 0.15) is 165 Å². The van der Waals surface area contributed by atoms with Gasteiger partial charge in [0.2, 0.25) is 17.1 Å². The monoisotopic (exact) mass is 1140 g/mol. The van der Waals surface area contributed by atoms with Gasteiger partial charge in [-0.1, -0.05) is 161 Å². The molecule has 0 unspecified atom stereocenters. The van der Waals surface area contributed by atoms with Gasteiger partial charge in [-0.15, -0.1) is 0 Å². The molecule has 9 aromatic rings. The van der Waals surface area contributed by atoms with Crippen molar-refractivity contribution < 1.29 is 21.9 Å². The normalized spacial score (nSPS) is 20.2. The van der Waals surface area contributed by atoms with E-state index in [0.29, 0.717) is 0 Å². The summed E-state index contributed by atoms with van der Waals surface area (Å²) >= 11 is 0. The molecule has 438 valence electrons. The van der Waals surface area contributed by atoms with Crippen molar-refractivity contribution >= 4 is 0 Å². The Morgan fingerprint density at radius 1 is 0.291 bits per heavy atom. The van der Waals surface area contributed by atoms with E-state index in [1.165, 1.54) is 130 Å². The number of rotatable bonds is 6. The number of hydrogen-bond acceptors (Lipinski definition) is 0. The lowest BCUT2D eigenvalue weighted by Crippen LogP contribution is -2.31. The molecule has 6 aliphatic carbocycles. The maximum absolute atomic E-state index is 8.97. The van der Waals surface area contributed by atoms with Crippen LogP contribution in [0.2, 0.25) is 0 Å². The van der Waals surface area contributed by atoms with Gasteiger partial charge in [-0.25, -0.2) is 13.7 Å². The molecule has 15 rings (SSSR count). The summed E-state index contributed by atoms with van der Waals surface area (Å²) in [5, 5.41) is 0. The molecule has 0 aliphatic heterocycles. The van der Waals surface area contributed by atoms with Gasteiger partial charge < -0.3 is 0 Å². The fourth-order valence-corrected chi connectivity index (χ4v) is 16.1. The summed E-state index contributed by atoms with van der Waals surface area (Å²) in [6.45, 7) is 13.0. The molecule has 0 amide bonds. The molecule has 0 atom stereocenters. The molecular formula is C83H94N3+3. The van der Waals surface area contributed by atoms with Crippen LogP contribution >= 0.6 is 0 Å². The molecule has 0 bridgehead atoms. The van der Waals surface area contributed by atoms with Crippen LogP contribution < -0.4 is 13.7 Å². The van der Waals surface area contributed by atoms with Crippen molar-refractivity contribution in [3.05, 3.63) is 231 Å². The molecule has 86 heavy (non-hydrogen) atoms. The molecule has 6 aromatic carbocycles. The predicted molar refractivity (Wildman–Crippen MR) is 358 cm³/mol. The van der Waals surface area contributed by atoms with E-state index in [-0.39, 0.29) is 16.2 Å². The number of nitrogens with zero attached hydrogens (tertiary/aromatic N) is 3. The molecule has 0 radical (unpaired) electrons. The summed E-state index contributed by atoms with van der Waals surface area (Å²) in [7, 11) is 6.35. The van der Waals surface area contributed by atoms with E-state index in [1.807, 2.05) is 0 Å². The van der Waals surface area contributed by atoms with Gasteiger partial charge in [-0.05, 0) is 236 Å². The average Bonchev–Trinajstić information content (AvgIpc) is 1.58. The van der Waals surface area contributed by atoms with Crippen LogP contribution in [0.5, 0.6) is 0 Å². The van der Waals surface area contributed by atoms with Gasteiger partial charge >= 0.3 is 0 Å². The lowest BCUT2D eigenvalue weighted by molar-refractivity contribution is -0.660. The first-order valence-corrected chi connectivity index (χ1v) is 32.6. The van der Waals surface area contributed by atoms with Crippen LogP contribution in [0.3, 0.4) is 0 Å². The van der Waals surface area contributed by atoms with Crippen molar-refractivity contribution in [3.8, 4) is 67.2 Å². The van der Waals surface area contributed by atoms with Crippen LogP contribution in [0, 0.1) is 57.8 Å². The van der Waals surface area contributed by atoms with Crippen LogP contribution in [0.25, 0.3) is 67.2 Å². The second-order valence-corrected chi connectivity index (χ2v) is 27.2. The molecule has 3 spiro atoms. The maximum Gasteiger partial charge on any atom is 0.212 e. The average molecular weight is 1140 g/mol. The van der Waals surface area contributed by atoms with Gasteiger partial charge in [0, 0.05) is 59.8 Å². The maximum atomic E-state index is 8.97. The van der Waals surface area contributed by atoms with E-state index in [4.69, 9.17) is 8.22 Å². The number of pyridine rings is 3. The topological polar surface area (TPSA) is 11.6 Å². The molecular weight excluding hydrogens is 1040 g/mol. The van der Waals surface area contributed by atoms with Crippen molar-refractivity contribution in [3.63, 3.8) is 0 Å². The van der Waals surface area contributed by atoms with Gasteiger partial charge in [0.1, 0.15) is 21.1 Å². The Labute approximate surface area is 524 Å². The Hall–Kier alpha value is -7.23. The molecule has 0 N–H and O–H groups in total. The van der Waals surface area contributed by atoms with Gasteiger partial charge in [0.15, 0.2) is 18.6 Å². The highest BCUT2D eigenvalue weighted by Gasteiger charge is 2.41. The van der Waals surface area contributed by atoms with Crippen molar-refractivity contribution in [2.24, 2.45) is 37.4 Å². The predicted octanol–water partition coefficient (Wildman–Crippen LogP) is 19.1. The lowest BCUT2D eigenvalue weighted by Gasteiger charge is -2.33. The standard InChI is InChI=1S/2C28H32N.C27H30N/c2*1-20-9-5-6-10-25(20)27-15-21(2)26(19-29(27)3)22-11-12-23-17-28(18-24(23)16-22)13-7-4-8-14-28;1-19-8-4-5-9-24(19)26-14-20(2)25(18-28(26)3)21-10-11-22-16-27(12-6-7-13-27)17-23(22)15-21/h2*5-6,9-12,15-16,19H,4,7-8,13-14,17-18H2,1-3H3;4-5,8-11,14-15,18H,6-7,12-13,16-17H2,1-3H3/q3*+1/i2*17D2;16D2. The Bertz CT molecular complexity index is 4140. The number of aromatic nitrogens is 3. The minimum atomic E-state index is -1.21. The molecule has 3 fully saturated rings. The summed E-state index contributed by atoms with van der Waals surface area (Å²) in [4.78, 5) is 0. The highest BCUT2D eigenvalue weighted by molar-refractivity contribution is 5.74. The van der Waals surface area contributed by atoms with E-state index < -0.39 is 19.1 Å². The number of fused-ring (bicyclic) bond motifs is 3. The van der Waals surface area contributed by atoms with E-state index in [9.17, 15) is 0 Å². The summed E-state index contributed by atoms with van der Waals surface area (Å²) in [5.41, 5.74) is 28.2. The highest BCUT2D eigenvalue weighted by atomic mass is 14.9. The summed E-state index contributed by atoms with van der Waals surface area (Å²) in [6.07, 6.45) is 21.3. The van der Waals surface area contributed by atoms with E-state index in [0.717, 1.165) is 113 Å². The zero-order valence-electron chi connectivity index (χ0n) is 59.0. The highest BCUT2D eigenvalue weighted by Crippen LogP contribution is 2.51. The quantitative estimate of drug-likeness (QED) is 0.147. The van der Waals surface area contributed by atoms with Crippen molar-refractivity contribution in [2.75, 3.05) is 0 Å². The third-order valence-corrected chi connectivity index (χ3v) is 20.9. The van der Waals surface area contributed by atoms with Crippen molar-refractivity contribution in [2.45, 2.75) is 170 Å². The smallest absolute Gasteiger partial charge is 0.200 e. The van der Waals surface area contributed by atoms with Crippen molar-refractivity contribution in [1.29, 1.82) is 0 Å². The summed E-state index contributed by atoms with van der Waals surface area (Å²) in [6, 6.07) is 51.8. The third kappa shape index (κ3) is 11.5. The number of aryl methyl sites for hydroxylation is 9. The second-order valence-electron chi connectivity index (χ2n) is 27.2. The molecule has 3 heteroatoms. The van der Waals surface area contributed by atoms with Crippen LogP contribution in [-0.4, -0.2) is 0 Å². The summed E-state index contributed by atoms with van der Waals surface area (Å²) in [5.74, 6) is 0. The zero-order valence-corrected chi connectivity index (χ0v) is 53.0. The fraction of sp³-hybridized carbons (Fsp3) is 0.386. The lowest BCUT2D eigenvalue weighted by atomic mass is 9.72. The fourth-order valence-electron chi connectivity index (χ4n) is 16.1. The minimum Gasteiger partial charge on any atom is -0.200 e. The Balaban J connectivity index is 0.000000126. The Kier molecular flexibility index (Phi) is 14.1. The van der Waals surface area contributed by atoms with Gasteiger partial charge in [0.25, 0.3) is 0 Å². The van der Waals surface area contributed by atoms with Gasteiger partial charge in [-0.3, -0.25) is 0 Å². The van der Waals surface area contributed by atoms with Crippen LogP contribution in [-0.2, 0) is 59.5 Å². The molecule has 3 saturated carbocycles. The van der Waals surface area contributed by atoms with E-state index in [1.54, 1.807) is 0 Å². The van der Waals surface area contributed by atoms with Crippen LogP contribution in [0.15, 0.2) is 164 Å². The minimum absolute atomic E-state index is 0.178. The molecule has 3 nitrogen and oxygen atoms in total. The van der Waals surface area contributed by atoms with Gasteiger partial charge in [0.05, 0.1) is 0 Å². The SMILES string of the molecule is [2H]C1([2H])c2ccc(-c3c[n+](C)c(-c4ccccc4C)cc3C)cc2CC12CCCC2.[2H]C1([2H])c2ccc(-c3c[n+](C)c(-c4ccccc4C)cc3C)cc2CC12CCCCC2.[2H]C1([2H])c2ccc(-c3c[n+](C)c(-c4ccccc4C)cc3C)cc2CC12CCCCC2. The van der Waals surface area contributed by atoms with E-state index >= 15 is 0 Å². The Morgan fingerprint density at radius 3 is 0.837 bits per heavy atom. The molecule has 3 aromatic heterocycles. The zero-order chi connectivity index (χ0) is 64.7. The first-order chi connectivity index (χ1) is 44.0. The first-order valence-electron chi connectivity index (χ1n) is 35.6. The van der Waals surface area contributed by atoms with E-state index in [2.05, 4.69) is 241 Å². The second kappa shape index (κ2) is 23.8. The number of benzene rings is 6. The Morgan fingerprint density at radius 2 is 0.558 bits per heavy atom. The van der Waals surface area contributed by atoms with Gasteiger partial charge in [-0.2, -0.15) is 0 Å². The third-order valence-electron chi connectivity index (χ3n) is 20.9. The van der Waals surface area contributed by atoms with Crippen LogP contribution in [0.4, 0.5) is 0 Å². The summed E-state index contributed by atoms with van der Waals surface area (Å²) < 4.78 is 60.3. The molecule has 3 heterocycles. The largest absolute Gasteiger partial charge is 0.212 e. The first kappa shape index (κ1) is 50.9. The van der Waals surface area contributed by atoms with Crippen molar-refractivity contribution in [1.82, 2.24) is 0 Å². The molecule has 0 saturated heterocycles.